The lowest BCUT2D eigenvalue weighted by Gasteiger charge is -2.00. The first kappa shape index (κ1) is 10.8. The Kier molecular flexibility index (Phi) is 2.96. The van der Waals surface area contributed by atoms with E-state index < -0.39 is 5.97 Å². The second-order valence-electron chi connectivity index (χ2n) is 3.11. The Morgan fingerprint density at radius 3 is 2.88 bits per heavy atom. The predicted molar refractivity (Wildman–Crippen MR) is 58.8 cm³/mol. The fraction of sp³-hybridized carbons (Fsp3) is 0.0909. The summed E-state index contributed by atoms with van der Waals surface area (Å²) in [5.41, 5.74) is 0.0474. The molecule has 0 saturated carbocycles. The first-order valence-electron chi connectivity index (χ1n) is 4.59. The van der Waals surface area contributed by atoms with E-state index in [1.807, 2.05) is 13.0 Å². The van der Waals surface area contributed by atoms with Gasteiger partial charge in [0.25, 0.3) is 0 Å². The summed E-state index contributed by atoms with van der Waals surface area (Å²) in [5.74, 6) is -0.223. The fourth-order valence-electron chi connectivity index (χ4n) is 1.18. The number of carboxylic acids is 1. The largest absolute Gasteiger partial charge is 0.477 e. The second kappa shape index (κ2) is 4.40. The topological polar surface area (TPSA) is 63.3 Å². The number of carbonyl (C=O) groups is 1. The number of hydrogen-bond acceptors (Lipinski definition) is 4. The molecule has 0 aromatic carbocycles. The molecule has 16 heavy (non-hydrogen) atoms. The summed E-state index contributed by atoms with van der Waals surface area (Å²) in [6.07, 6.45) is 1.60. The van der Waals surface area contributed by atoms with E-state index in [2.05, 4.69) is 4.98 Å². The average Bonchev–Trinajstić information content (AvgIpc) is 2.65. The summed E-state index contributed by atoms with van der Waals surface area (Å²) in [5, 5.41) is 9.44. The molecule has 2 aromatic rings. The zero-order valence-corrected chi connectivity index (χ0v) is 9.32. The summed E-state index contributed by atoms with van der Waals surface area (Å²) in [6.45, 7) is 1.85. The molecule has 4 nitrogen and oxygen atoms in total. The van der Waals surface area contributed by atoms with Crippen molar-refractivity contribution < 1.29 is 14.3 Å². The third-order valence-electron chi connectivity index (χ3n) is 1.97. The van der Waals surface area contributed by atoms with Gasteiger partial charge < -0.3 is 9.52 Å². The molecule has 0 spiro atoms. The van der Waals surface area contributed by atoms with Crippen LogP contribution in [-0.2, 0) is 0 Å². The van der Waals surface area contributed by atoms with E-state index >= 15 is 0 Å². The van der Waals surface area contributed by atoms with E-state index in [0.717, 1.165) is 10.7 Å². The van der Waals surface area contributed by atoms with Gasteiger partial charge in [0.15, 0.2) is 0 Å². The summed E-state index contributed by atoms with van der Waals surface area (Å²) >= 11 is 1.38. The number of aromatic nitrogens is 1. The Labute approximate surface area is 96.3 Å². The van der Waals surface area contributed by atoms with Crippen molar-refractivity contribution >= 4 is 17.7 Å². The zero-order valence-electron chi connectivity index (χ0n) is 8.51. The van der Waals surface area contributed by atoms with Gasteiger partial charge in [0.1, 0.15) is 16.5 Å². The third-order valence-corrected chi connectivity index (χ3v) is 3.05. The molecule has 0 unspecified atom stereocenters. The minimum atomic E-state index is -1.02. The molecule has 2 rings (SSSR count). The van der Waals surface area contributed by atoms with E-state index in [4.69, 9.17) is 9.52 Å². The van der Waals surface area contributed by atoms with E-state index in [0.29, 0.717) is 5.03 Å². The normalized spacial score (nSPS) is 10.3. The minimum Gasteiger partial charge on any atom is -0.477 e. The number of furan rings is 1. The van der Waals surface area contributed by atoms with Crippen molar-refractivity contribution in [2.24, 2.45) is 0 Å². The Balaban J connectivity index is 2.25. The molecule has 5 heteroatoms. The molecule has 0 aliphatic carbocycles. The number of rotatable bonds is 3. The molecule has 0 amide bonds. The van der Waals surface area contributed by atoms with Crippen LogP contribution >= 0.6 is 11.8 Å². The Hall–Kier alpha value is -1.75. The van der Waals surface area contributed by atoms with Gasteiger partial charge >= 0.3 is 5.97 Å². The quantitative estimate of drug-likeness (QED) is 0.886. The lowest BCUT2D eigenvalue weighted by Crippen LogP contribution is -1.99. The molecular formula is C11H9NO3S. The highest BCUT2D eigenvalue weighted by molar-refractivity contribution is 7.99. The fourth-order valence-corrected chi connectivity index (χ4v) is 2.01. The van der Waals surface area contributed by atoms with Crippen LogP contribution in [-0.4, -0.2) is 16.1 Å². The maximum atomic E-state index is 10.7. The molecule has 0 bridgehead atoms. The van der Waals surface area contributed by atoms with E-state index in [9.17, 15) is 4.79 Å². The number of carboxylic acid groups (broad SMARTS) is 1. The van der Waals surface area contributed by atoms with Gasteiger partial charge in [0, 0.05) is 0 Å². The van der Waals surface area contributed by atoms with E-state index in [1.165, 1.54) is 17.8 Å². The molecule has 2 heterocycles. The molecule has 0 aliphatic heterocycles. The van der Waals surface area contributed by atoms with Crippen molar-refractivity contribution in [2.45, 2.75) is 16.8 Å². The van der Waals surface area contributed by atoms with Crippen molar-refractivity contribution in [1.29, 1.82) is 0 Å². The molecule has 2 aromatic heterocycles. The van der Waals surface area contributed by atoms with Crippen molar-refractivity contribution in [3.63, 3.8) is 0 Å². The highest BCUT2D eigenvalue weighted by atomic mass is 32.2. The van der Waals surface area contributed by atoms with Crippen LogP contribution in [0.4, 0.5) is 0 Å². The van der Waals surface area contributed by atoms with Crippen molar-refractivity contribution in [3.8, 4) is 0 Å². The number of hydrogen-bond donors (Lipinski definition) is 1. The number of aromatic carboxylic acids is 1. The number of aryl methyl sites for hydroxylation is 1. The minimum absolute atomic E-state index is 0.0474. The van der Waals surface area contributed by atoms with Crippen LogP contribution in [0, 0.1) is 6.92 Å². The van der Waals surface area contributed by atoms with E-state index in [1.54, 1.807) is 18.4 Å². The molecular weight excluding hydrogens is 226 g/mol. The van der Waals surface area contributed by atoms with Crippen LogP contribution in [0.15, 0.2) is 44.9 Å². The zero-order chi connectivity index (χ0) is 11.5. The first-order chi connectivity index (χ1) is 7.66. The van der Waals surface area contributed by atoms with E-state index in [-0.39, 0.29) is 5.69 Å². The van der Waals surface area contributed by atoms with Crippen molar-refractivity contribution in [3.05, 3.63) is 42.0 Å². The third kappa shape index (κ3) is 2.25. The van der Waals surface area contributed by atoms with Gasteiger partial charge in [-0.3, -0.25) is 0 Å². The van der Waals surface area contributed by atoms with Crippen LogP contribution in [0.5, 0.6) is 0 Å². The Morgan fingerprint density at radius 1 is 1.44 bits per heavy atom. The number of pyridine rings is 1. The number of nitrogens with zero attached hydrogens (tertiary/aromatic N) is 1. The molecule has 0 aliphatic rings. The highest BCUT2D eigenvalue weighted by Gasteiger charge is 2.08. The smallest absolute Gasteiger partial charge is 0.354 e. The van der Waals surface area contributed by atoms with Gasteiger partial charge in [-0.1, -0.05) is 17.8 Å². The summed E-state index contributed by atoms with van der Waals surface area (Å²) in [4.78, 5) is 15.7. The summed E-state index contributed by atoms with van der Waals surface area (Å²) in [6, 6.07) is 6.74. The van der Waals surface area contributed by atoms with Gasteiger partial charge in [-0.25, -0.2) is 9.78 Å². The molecule has 82 valence electrons. The molecule has 0 atom stereocenters. The summed E-state index contributed by atoms with van der Waals surface area (Å²) < 4.78 is 5.15. The van der Waals surface area contributed by atoms with Crippen LogP contribution < -0.4 is 0 Å². The maximum absolute atomic E-state index is 10.7. The standard InChI is InChI=1S/C11H9NO3S/c1-7-9(5-6-15-7)16-10-4-2-3-8(12-10)11(13)14/h2-6H,1H3,(H,13,14). The second-order valence-corrected chi connectivity index (χ2v) is 4.17. The predicted octanol–water partition coefficient (Wildman–Crippen LogP) is 2.83. The van der Waals surface area contributed by atoms with Gasteiger partial charge in [-0.15, -0.1) is 0 Å². The molecule has 1 N–H and O–H groups in total. The van der Waals surface area contributed by atoms with Crippen LogP contribution in [0.2, 0.25) is 0 Å². The van der Waals surface area contributed by atoms with Gasteiger partial charge in [-0.05, 0) is 25.1 Å². The Morgan fingerprint density at radius 2 is 2.25 bits per heavy atom. The van der Waals surface area contributed by atoms with Gasteiger partial charge in [0.05, 0.1) is 11.2 Å². The maximum Gasteiger partial charge on any atom is 0.354 e. The monoisotopic (exact) mass is 235 g/mol. The average molecular weight is 235 g/mol. The van der Waals surface area contributed by atoms with Crippen molar-refractivity contribution in [2.75, 3.05) is 0 Å². The molecule has 0 radical (unpaired) electrons. The molecule has 0 saturated heterocycles. The summed E-state index contributed by atoms with van der Waals surface area (Å²) in [7, 11) is 0. The van der Waals surface area contributed by atoms with Crippen LogP contribution in [0.25, 0.3) is 0 Å². The highest BCUT2D eigenvalue weighted by Crippen LogP contribution is 2.29. The van der Waals surface area contributed by atoms with Gasteiger partial charge in [-0.2, -0.15) is 0 Å². The molecule has 0 fully saturated rings. The lowest BCUT2D eigenvalue weighted by atomic mass is 10.4. The lowest BCUT2D eigenvalue weighted by molar-refractivity contribution is 0.0689. The Bertz CT molecular complexity index is 521. The van der Waals surface area contributed by atoms with Gasteiger partial charge in [0.2, 0.25) is 0 Å². The first-order valence-corrected chi connectivity index (χ1v) is 5.41. The SMILES string of the molecule is Cc1occc1Sc1cccc(C(=O)O)n1. The van der Waals surface area contributed by atoms with Crippen molar-refractivity contribution in [1.82, 2.24) is 4.98 Å². The van der Waals surface area contributed by atoms with Crippen LogP contribution in [0.1, 0.15) is 16.2 Å². The van der Waals surface area contributed by atoms with Crippen LogP contribution in [0.3, 0.4) is 0 Å².